The van der Waals surface area contributed by atoms with Gasteiger partial charge in [0.1, 0.15) is 11.5 Å². The molecule has 0 amide bonds. The molecule has 0 aromatic heterocycles. The van der Waals surface area contributed by atoms with Crippen LogP contribution in [0.2, 0.25) is 0 Å². The second-order valence-corrected chi connectivity index (χ2v) is 6.88. The van der Waals surface area contributed by atoms with Crippen LogP contribution in [0, 0.1) is 13.8 Å². The van der Waals surface area contributed by atoms with Crippen LogP contribution in [0.4, 0.5) is 0 Å². The number of H-pyrrole nitrogens is 1. The maximum Gasteiger partial charge on any atom is 0.105 e. The van der Waals surface area contributed by atoms with E-state index in [1.807, 2.05) is 13.1 Å². The molecule has 124 valence electrons. The lowest BCUT2D eigenvalue weighted by molar-refractivity contribution is 0.204. The van der Waals surface area contributed by atoms with Gasteiger partial charge in [-0.2, -0.15) is 0 Å². The highest BCUT2D eigenvalue weighted by atomic mass is 15.1. The molecule has 3 aliphatic rings. The highest BCUT2D eigenvalue weighted by Crippen LogP contribution is 2.37. The van der Waals surface area contributed by atoms with Crippen LogP contribution < -0.4 is 0 Å². The van der Waals surface area contributed by atoms with Gasteiger partial charge in [-0.05, 0) is 51.3 Å². The molecule has 24 heavy (non-hydrogen) atoms. The fourth-order valence-electron chi connectivity index (χ4n) is 3.93. The van der Waals surface area contributed by atoms with E-state index >= 15 is 0 Å². The molecule has 1 aromatic rings. The predicted molar refractivity (Wildman–Crippen MR) is 96.2 cm³/mol. The van der Waals surface area contributed by atoms with E-state index in [9.17, 15) is 0 Å². The Bertz CT molecular complexity index is 785. The SMILES string of the molecule is Cc1ncc2nc(C)c(C3CCN(Cc4ccccc4)CC3)c-2[nH]1. The third-order valence-electron chi connectivity index (χ3n) is 5.13. The largest absolute Gasteiger partial charge is 0.342 e. The highest BCUT2D eigenvalue weighted by molar-refractivity contribution is 5.64. The van der Waals surface area contributed by atoms with E-state index in [-0.39, 0.29) is 0 Å². The molecule has 0 atom stereocenters. The van der Waals surface area contributed by atoms with Crippen molar-refractivity contribution in [3.63, 3.8) is 0 Å². The molecule has 0 unspecified atom stereocenters. The number of rotatable bonds is 3. The van der Waals surface area contributed by atoms with Gasteiger partial charge in [0.05, 0.1) is 11.9 Å². The lowest BCUT2D eigenvalue weighted by Gasteiger charge is -2.32. The number of aromatic amines is 1. The van der Waals surface area contributed by atoms with Gasteiger partial charge in [0.15, 0.2) is 0 Å². The summed E-state index contributed by atoms with van der Waals surface area (Å²) in [6, 6.07) is 10.8. The van der Waals surface area contributed by atoms with Crippen LogP contribution >= 0.6 is 0 Å². The van der Waals surface area contributed by atoms with Crippen LogP contribution in [0.25, 0.3) is 11.4 Å². The van der Waals surface area contributed by atoms with Crippen molar-refractivity contribution in [1.29, 1.82) is 0 Å². The van der Waals surface area contributed by atoms with E-state index in [2.05, 4.69) is 52.1 Å². The van der Waals surface area contributed by atoms with Crippen molar-refractivity contribution in [2.24, 2.45) is 0 Å². The average Bonchev–Trinajstić information content (AvgIpc) is 2.92. The summed E-state index contributed by atoms with van der Waals surface area (Å²) in [4.78, 5) is 15.1. The maximum absolute atomic E-state index is 4.71. The monoisotopic (exact) mass is 320 g/mol. The molecule has 0 radical (unpaired) electrons. The summed E-state index contributed by atoms with van der Waals surface area (Å²) >= 11 is 0. The van der Waals surface area contributed by atoms with E-state index in [0.29, 0.717) is 5.92 Å². The zero-order valence-electron chi connectivity index (χ0n) is 14.4. The van der Waals surface area contributed by atoms with E-state index < -0.39 is 0 Å². The molecule has 3 heterocycles. The zero-order valence-corrected chi connectivity index (χ0v) is 14.4. The lowest BCUT2D eigenvalue weighted by Crippen LogP contribution is -2.32. The zero-order chi connectivity index (χ0) is 16.5. The molecule has 4 heteroatoms. The molecular formula is C20H24N4. The molecule has 0 saturated carbocycles. The first-order valence-corrected chi connectivity index (χ1v) is 8.79. The minimum atomic E-state index is 0.597. The standard InChI is InChI=1S/C20H24N4/c1-14-19(20-18(22-14)12-21-15(2)23-20)17-8-10-24(11-9-17)13-16-6-4-3-5-7-16/h3-7,12,17H,8-11,13H2,1-2H3,(H,21,23). The van der Waals surface area contributed by atoms with Crippen LogP contribution in [0.1, 0.15) is 41.4 Å². The topological polar surface area (TPSA) is 44.8 Å². The normalized spacial score (nSPS) is 16.8. The molecule has 1 aromatic carbocycles. The smallest absolute Gasteiger partial charge is 0.105 e. The van der Waals surface area contributed by atoms with Gasteiger partial charge in [0.2, 0.25) is 0 Å². The molecule has 0 bridgehead atoms. The van der Waals surface area contributed by atoms with Gasteiger partial charge in [-0.15, -0.1) is 0 Å². The molecule has 0 spiro atoms. The molecule has 1 N–H and O–H groups in total. The molecule has 3 aliphatic heterocycles. The van der Waals surface area contributed by atoms with E-state index in [1.54, 1.807) is 0 Å². The number of nitrogens with one attached hydrogen (secondary N) is 1. The van der Waals surface area contributed by atoms with Gasteiger partial charge in [-0.25, -0.2) is 9.97 Å². The minimum absolute atomic E-state index is 0.597. The number of piperidine rings is 1. The van der Waals surface area contributed by atoms with Crippen LogP contribution in [0.15, 0.2) is 36.5 Å². The van der Waals surface area contributed by atoms with E-state index in [1.165, 1.54) is 29.7 Å². The lowest BCUT2D eigenvalue weighted by atomic mass is 9.87. The van der Waals surface area contributed by atoms with Gasteiger partial charge >= 0.3 is 0 Å². The Hall–Kier alpha value is -2.20. The van der Waals surface area contributed by atoms with Gasteiger partial charge < -0.3 is 4.98 Å². The van der Waals surface area contributed by atoms with Crippen molar-refractivity contribution in [3.8, 4) is 11.4 Å². The Balaban J connectivity index is 1.48. The molecular weight excluding hydrogens is 296 g/mol. The minimum Gasteiger partial charge on any atom is -0.342 e. The van der Waals surface area contributed by atoms with Gasteiger partial charge in [-0.3, -0.25) is 4.90 Å². The predicted octanol–water partition coefficient (Wildman–Crippen LogP) is 3.91. The molecule has 0 aliphatic carbocycles. The van der Waals surface area contributed by atoms with Crippen LogP contribution in [0.3, 0.4) is 0 Å². The summed E-state index contributed by atoms with van der Waals surface area (Å²) in [6.07, 6.45) is 4.29. The first-order chi connectivity index (χ1) is 11.7. The van der Waals surface area contributed by atoms with Crippen LogP contribution in [-0.4, -0.2) is 32.9 Å². The van der Waals surface area contributed by atoms with Crippen molar-refractivity contribution in [1.82, 2.24) is 19.9 Å². The van der Waals surface area contributed by atoms with Crippen molar-refractivity contribution in [3.05, 3.63) is 59.2 Å². The van der Waals surface area contributed by atoms with Crippen molar-refractivity contribution in [2.45, 2.75) is 39.2 Å². The summed E-state index contributed by atoms with van der Waals surface area (Å²) in [5.74, 6) is 1.55. The molecule has 1 saturated heterocycles. The first-order valence-electron chi connectivity index (χ1n) is 8.79. The number of nitrogens with zero attached hydrogens (tertiary/aromatic N) is 3. The number of aryl methyl sites for hydroxylation is 2. The quantitative estimate of drug-likeness (QED) is 0.796. The number of benzene rings is 1. The molecule has 1 fully saturated rings. The van der Waals surface area contributed by atoms with Gasteiger partial charge in [0, 0.05) is 17.8 Å². The highest BCUT2D eigenvalue weighted by Gasteiger charge is 2.27. The van der Waals surface area contributed by atoms with Crippen molar-refractivity contribution in [2.75, 3.05) is 13.1 Å². The summed E-state index contributed by atoms with van der Waals surface area (Å²) in [7, 11) is 0. The Morgan fingerprint density at radius 2 is 1.88 bits per heavy atom. The van der Waals surface area contributed by atoms with Gasteiger partial charge in [-0.1, -0.05) is 30.3 Å². The third kappa shape index (κ3) is 2.94. The Morgan fingerprint density at radius 1 is 1.12 bits per heavy atom. The Kier molecular flexibility index (Phi) is 4.07. The number of likely N-dealkylation sites (tertiary alicyclic amines) is 1. The number of aromatic nitrogens is 3. The number of hydrogen-bond donors (Lipinski definition) is 1. The number of hydrogen-bond acceptors (Lipinski definition) is 3. The van der Waals surface area contributed by atoms with Crippen molar-refractivity contribution >= 4 is 0 Å². The number of fused-ring (bicyclic) bond motifs is 1. The fourth-order valence-corrected chi connectivity index (χ4v) is 3.93. The molecule has 4 nitrogen and oxygen atoms in total. The van der Waals surface area contributed by atoms with Gasteiger partial charge in [0.25, 0.3) is 0 Å². The summed E-state index contributed by atoms with van der Waals surface area (Å²) in [6.45, 7) is 7.50. The fraction of sp³-hybridized carbons (Fsp3) is 0.400. The van der Waals surface area contributed by atoms with E-state index in [0.717, 1.165) is 36.8 Å². The van der Waals surface area contributed by atoms with Crippen molar-refractivity contribution < 1.29 is 0 Å². The third-order valence-corrected chi connectivity index (χ3v) is 5.13. The van der Waals surface area contributed by atoms with Crippen LogP contribution in [0.5, 0.6) is 0 Å². The summed E-state index contributed by atoms with van der Waals surface area (Å²) in [5.41, 5.74) is 6.17. The second-order valence-electron chi connectivity index (χ2n) is 6.88. The Labute approximate surface area is 143 Å². The molecule has 4 rings (SSSR count). The Morgan fingerprint density at radius 3 is 2.62 bits per heavy atom. The first kappa shape index (κ1) is 15.3. The maximum atomic E-state index is 4.71. The average molecular weight is 320 g/mol. The van der Waals surface area contributed by atoms with Crippen LogP contribution in [-0.2, 0) is 6.54 Å². The summed E-state index contributed by atoms with van der Waals surface area (Å²) < 4.78 is 0. The summed E-state index contributed by atoms with van der Waals surface area (Å²) in [5, 5.41) is 0. The van der Waals surface area contributed by atoms with E-state index in [4.69, 9.17) is 4.98 Å². The second kappa shape index (κ2) is 6.36.